The lowest BCUT2D eigenvalue weighted by atomic mass is 10.0. The highest BCUT2D eigenvalue weighted by molar-refractivity contribution is 8.26. The normalized spacial score (nSPS) is 10.5. The first-order valence-corrected chi connectivity index (χ1v) is 28.3. The van der Waals surface area contributed by atoms with E-state index in [0.717, 1.165) is 12.1 Å². The summed E-state index contributed by atoms with van der Waals surface area (Å²) in [6.07, 6.45) is 0. The van der Waals surface area contributed by atoms with E-state index >= 15 is 0 Å². The van der Waals surface area contributed by atoms with Crippen LogP contribution >= 0.6 is 87.9 Å². The number of hydrogen-bond donors (Lipinski definition) is 4. The molecule has 0 unspecified atom stereocenters. The van der Waals surface area contributed by atoms with Gasteiger partial charge < -0.3 is 5.11 Å². The lowest BCUT2D eigenvalue weighted by Crippen LogP contribution is -2.14. The van der Waals surface area contributed by atoms with Gasteiger partial charge in [0.2, 0.25) is 39.3 Å². The Morgan fingerprint density at radius 2 is 0.783 bits per heavy atom. The molecule has 324 valence electrons. The molecule has 7 N–H and O–H groups in total. The summed E-state index contributed by atoms with van der Waals surface area (Å²) in [4.78, 5) is 32.4. The highest BCUT2D eigenvalue weighted by atomic mass is 36.0. The summed E-state index contributed by atoms with van der Waals surface area (Å²) in [6.45, 7) is 0. The molecule has 0 aromatic heterocycles. The molecule has 27 heteroatoms. The fourth-order valence-electron chi connectivity index (χ4n) is 3.70. The van der Waals surface area contributed by atoms with E-state index in [1.807, 2.05) is 36.4 Å². The van der Waals surface area contributed by atoms with E-state index in [1.165, 1.54) is 42.5 Å². The van der Waals surface area contributed by atoms with E-state index in [4.69, 9.17) is 91.2 Å². The fourth-order valence-corrected chi connectivity index (χ4v) is 7.03. The second kappa shape index (κ2) is 28.4. The van der Waals surface area contributed by atoms with Crippen LogP contribution in [0.4, 0.5) is 0 Å². The van der Waals surface area contributed by atoms with Gasteiger partial charge >= 0.3 is 19.3 Å². The third kappa shape index (κ3) is 23.2. The quantitative estimate of drug-likeness (QED) is 0.0696. The number of primary sulfonamides is 3. The topological polar surface area (TPSA) is 269 Å². The molecule has 5 rings (SSSR count). The first kappa shape index (κ1) is 57.6. The number of halogens is 8. The summed E-state index contributed by atoms with van der Waals surface area (Å²) in [5.74, 6) is -1.53. The van der Waals surface area contributed by atoms with Crippen LogP contribution in [0.5, 0.6) is 0 Å². The van der Waals surface area contributed by atoms with Crippen LogP contribution in [0.15, 0.2) is 136 Å². The van der Waals surface area contributed by atoms with Gasteiger partial charge in [-0.25, -0.2) is 69.8 Å². The highest BCUT2D eigenvalue weighted by Gasteiger charge is 2.18. The van der Waals surface area contributed by atoms with Crippen molar-refractivity contribution in [2.45, 2.75) is 14.7 Å². The highest BCUT2D eigenvalue weighted by Crippen LogP contribution is 2.24. The number of hydrogen-bond acceptors (Lipinski definition) is 10. The zero-order chi connectivity index (χ0) is 46.4. The average Bonchev–Trinajstić information content (AvgIpc) is 3.15. The Bertz CT molecular complexity index is 2460. The van der Waals surface area contributed by atoms with Crippen LogP contribution in [0, 0.1) is 0 Å². The molecule has 0 heterocycles. The van der Waals surface area contributed by atoms with Gasteiger partial charge in [0.05, 0.1) is 20.6 Å². The van der Waals surface area contributed by atoms with Crippen LogP contribution < -0.4 is 15.4 Å². The van der Waals surface area contributed by atoms with Gasteiger partial charge in [-0.1, -0.05) is 102 Å². The van der Waals surface area contributed by atoms with Gasteiger partial charge in [-0.2, -0.15) is 0 Å². The Labute approximate surface area is 391 Å². The Balaban J connectivity index is 0.000000765. The van der Waals surface area contributed by atoms with Gasteiger partial charge in [-0.05, 0) is 66.2 Å². The molecule has 0 saturated heterocycles. The fraction of sp³-hybridized carbons (Fsp3) is 0. The van der Waals surface area contributed by atoms with Crippen molar-refractivity contribution in [3.8, 4) is 0 Å². The summed E-state index contributed by atoms with van der Waals surface area (Å²) >= 11 is 21.4. The lowest BCUT2D eigenvalue weighted by molar-refractivity contribution is 0.0696. The van der Waals surface area contributed by atoms with Crippen molar-refractivity contribution in [3.05, 3.63) is 159 Å². The number of carbonyl (C=O) groups excluding carboxylic acids is 2. The van der Waals surface area contributed by atoms with Crippen molar-refractivity contribution in [2.75, 3.05) is 0 Å². The van der Waals surface area contributed by atoms with E-state index in [1.54, 1.807) is 30.3 Å². The molecule has 0 radical (unpaired) electrons. The van der Waals surface area contributed by atoms with E-state index in [2.05, 4.69) is 21.4 Å². The molecule has 0 aliphatic carbocycles. The van der Waals surface area contributed by atoms with Gasteiger partial charge in [0.1, 0.15) is 14.7 Å². The molecule has 14 nitrogen and oxygen atoms in total. The maximum Gasteiger partial charge on any atom is 0.499 e. The number of ketones is 1. The molecule has 0 atom stereocenters. The summed E-state index contributed by atoms with van der Waals surface area (Å²) in [7, 11) is 5.29. The number of sulfonamides is 3. The molecule has 5 aromatic carbocycles. The third-order valence-electron chi connectivity index (χ3n) is 6.15. The van der Waals surface area contributed by atoms with E-state index in [9.17, 15) is 39.6 Å². The van der Waals surface area contributed by atoms with Crippen LogP contribution in [-0.4, -0.2) is 64.9 Å². The molecule has 0 spiro atoms. The minimum atomic E-state index is -3.98. The van der Waals surface area contributed by atoms with Crippen molar-refractivity contribution < 1.29 is 49.0 Å². The monoisotopic (exact) mass is 1080 g/mol. The van der Waals surface area contributed by atoms with E-state index in [-0.39, 0.29) is 52.2 Å². The Hall–Kier alpha value is -2.36. The van der Waals surface area contributed by atoms with Crippen LogP contribution in [0.1, 0.15) is 36.6 Å². The van der Waals surface area contributed by atoms with Gasteiger partial charge in [0.25, 0.3) is 5.24 Å². The Morgan fingerprint density at radius 1 is 0.517 bits per heavy atom. The van der Waals surface area contributed by atoms with Gasteiger partial charge in [-0.15, -0.1) is 0 Å². The molecule has 0 aliphatic rings. The maximum atomic E-state index is 12.2. The molecule has 5 aromatic rings. The van der Waals surface area contributed by atoms with Crippen molar-refractivity contribution in [2.24, 2.45) is 15.4 Å². The van der Waals surface area contributed by atoms with Crippen LogP contribution in [0.25, 0.3) is 0 Å². The summed E-state index contributed by atoms with van der Waals surface area (Å²) in [5, 5.41) is 22.4. The number of carboxylic acid groups (broad SMARTS) is 1. The van der Waals surface area contributed by atoms with E-state index < -0.39 is 63.9 Å². The van der Waals surface area contributed by atoms with Crippen molar-refractivity contribution in [1.82, 2.24) is 0 Å². The van der Waals surface area contributed by atoms with Crippen LogP contribution in [-0.2, 0) is 39.3 Å². The predicted octanol–water partition coefficient (Wildman–Crippen LogP) is 7.73. The number of carboxylic acids is 1. The van der Waals surface area contributed by atoms with Gasteiger partial charge in [-0.3, -0.25) is 9.59 Å². The minimum Gasteiger partial charge on any atom is -0.478 e. The summed E-state index contributed by atoms with van der Waals surface area (Å²) < 4.78 is 75.6. The first-order valence-electron chi connectivity index (χ1n) is 15.0. The standard InChI is InChI=1S/C13H10ClNO3S.C7H5Cl2NO3S.C7H6ClNO4S.C6H6.Al.Cl2OS.2ClH.H/c14-11-7-6-10(8-12(11)19(15,17)18)13(16)9-4-2-1-3-5-9;8-5-2-1-4(7(9)11)3-6(5)14(10,12)13;8-5-2-1-4(7(10)11)3-6(5)14(9,12)13;1-2-4-6-5-3-1;;1-4(2)3;;;/h1-8H,(H2,15,17,18);1-3H,(H2,10,12,13);1-3H,(H,10,11)(H2,9,12,13);1-6H;;;2*1H;/q;;;;+2;;;;/p-2. The zero-order valence-electron chi connectivity index (χ0n) is 29.7. The largest absolute Gasteiger partial charge is 0.499 e. The Morgan fingerprint density at radius 3 is 1.08 bits per heavy atom. The maximum absolute atomic E-state index is 12.2. The molecule has 0 bridgehead atoms. The van der Waals surface area contributed by atoms with Crippen LogP contribution in [0.3, 0.4) is 0 Å². The van der Waals surface area contributed by atoms with E-state index in [0.29, 0.717) is 5.56 Å². The van der Waals surface area contributed by atoms with Crippen molar-refractivity contribution >= 4 is 158 Å². The van der Waals surface area contributed by atoms with Gasteiger partial charge in [0.15, 0.2) is 5.78 Å². The zero-order valence-corrected chi connectivity index (χ0v) is 40.4. The second-order valence-corrected chi connectivity index (χ2v) is 21.6. The lowest BCUT2D eigenvalue weighted by Gasteiger charge is -2.05. The second-order valence-electron chi connectivity index (χ2n) is 10.3. The van der Waals surface area contributed by atoms with Crippen molar-refractivity contribution in [1.29, 1.82) is 0 Å². The van der Waals surface area contributed by atoms with Gasteiger partial charge in [0, 0.05) is 38.1 Å². The smallest absolute Gasteiger partial charge is 0.478 e. The number of rotatable bonds is 7. The number of nitrogens with two attached hydrogens (primary N) is 3. The number of carbonyl (C=O) groups is 3. The first-order chi connectivity index (χ1) is 27.7. The number of aromatic carboxylic acids is 1. The Kier molecular flexibility index (Phi) is 27.2. The molecule has 0 saturated carbocycles. The molecule has 60 heavy (non-hydrogen) atoms. The van der Waals surface area contributed by atoms with Crippen LogP contribution in [0.2, 0.25) is 15.1 Å². The molecule has 0 fully saturated rings. The average molecular weight is 1080 g/mol. The number of benzene rings is 5. The molecular weight excluding hydrogens is 1050 g/mol. The third-order valence-corrected chi connectivity index (χ3v) is 10.5. The molecular formula is C33H28AlCl8N3O11S4. The summed E-state index contributed by atoms with van der Waals surface area (Å²) in [5.41, 5.74) is 0.531. The minimum absolute atomic E-state index is 0.00730. The predicted molar refractivity (Wildman–Crippen MR) is 241 cm³/mol. The molecule has 0 aliphatic heterocycles. The van der Waals surface area contributed by atoms with Crippen molar-refractivity contribution in [3.63, 3.8) is 0 Å². The SMILES string of the molecule is NS(=O)(=O)c1cc(C(=O)Cl)ccc1Cl.NS(=O)(=O)c1cc(C(=O)O)ccc1Cl.NS(=O)(=O)c1cc(C(=O)c2ccccc2)ccc1Cl.O=S(Cl)Cl.[Cl][AlH][Cl].c1ccccc1. The summed E-state index contributed by atoms with van der Waals surface area (Å²) in [6, 6.07) is 31.4. The molecule has 0 amide bonds.